The van der Waals surface area contributed by atoms with Crippen LogP contribution < -0.4 is 5.32 Å². The van der Waals surface area contributed by atoms with Crippen LogP contribution in [0.3, 0.4) is 0 Å². The molecule has 128 valence electrons. The average Bonchev–Trinajstić information content (AvgIpc) is 2.99. The fourth-order valence-corrected chi connectivity index (χ4v) is 2.34. The van der Waals surface area contributed by atoms with Crippen LogP contribution in [0, 0.1) is 11.6 Å². The number of nitrogens with one attached hydrogen (secondary N) is 2. The molecule has 2 N–H and O–H groups in total. The smallest absolute Gasteiger partial charge is 0.232 e. The second kappa shape index (κ2) is 7.40. The zero-order chi connectivity index (χ0) is 17.8. The van der Waals surface area contributed by atoms with Gasteiger partial charge < -0.3 is 5.32 Å². The Balaban J connectivity index is 1.60. The van der Waals surface area contributed by atoms with Crippen LogP contribution >= 0.6 is 11.6 Å². The molecule has 8 heteroatoms. The summed E-state index contributed by atoms with van der Waals surface area (Å²) < 4.78 is 26.4. The van der Waals surface area contributed by atoms with Crippen molar-refractivity contribution in [3.8, 4) is 0 Å². The van der Waals surface area contributed by atoms with Crippen molar-refractivity contribution in [2.75, 3.05) is 5.32 Å². The van der Waals surface area contributed by atoms with Gasteiger partial charge in [0.1, 0.15) is 17.5 Å². The van der Waals surface area contributed by atoms with E-state index in [1.165, 1.54) is 0 Å². The van der Waals surface area contributed by atoms with Crippen LogP contribution in [0.15, 0.2) is 42.5 Å². The number of aromatic nitrogens is 3. The third-order valence-electron chi connectivity index (χ3n) is 3.39. The molecule has 0 spiro atoms. The SMILES string of the molecule is O=C(Cc1n[nH]c(Cc2ccc(Cl)cc2)n1)Nc1ccc(F)cc1F. The van der Waals surface area contributed by atoms with E-state index in [1.807, 2.05) is 12.1 Å². The van der Waals surface area contributed by atoms with E-state index in [2.05, 4.69) is 20.5 Å². The first-order valence-corrected chi connectivity index (χ1v) is 7.77. The van der Waals surface area contributed by atoms with E-state index in [1.54, 1.807) is 12.1 Å². The maximum Gasteiger partial charge on any atom is 0.232 e. The molecule has 0 atom stereocenters. The van der Waals surface area contributed by atoms with Gasteiger partial charge in [-0.05, 0) is 29.8 Å². The molecule has 0 aliphatic rings. The van der Waals surface area contributed by atoms with Gasteiger partial charge in [-0.15, -0.1) is 0 Å². The molecule has 25 heavy (non-hydrogen) atoms. The zero-order valence-corrected chi connectivity index (χ0v) is 13.6. The summed E-state index contributed by atoms with van der Waals surface area (Å²) in [6.07, 6.45) is 0.381. The summed E-state index contributed by atoms with van der Waals surface area (Å²) in [6, 6.07) is 10.2. The standard InChI is InChI=1S/C17H13ClF2N4O/c18-11-3-1-10(2-4-11)7-15-22-16(24-23-15)9-17(25)21-14-6-5-12(19)8-13(14)20/h1-6,8H,7,9H2,(H,21,25)(H,22,23,24). The van der Waals surface area contributed by atoms with Crippen molar-refractivity contribution in [1.82, 2.24) is 15.2 Å². The van der Waals surface area contributed by atoms with Gasteiger partial charge in [0.15, 0.2) is 5.82 Å². The maximum absolute atomic E-state index is 13.5. The van der Waals surface area contributed by atoms with E-state index in [4.69, 9.17) is 11.6 Å². The molecule has 1 amide bonds. The number of benzene rings is 2. The largest absolute Gasteiger partial charge is 0.323 e. The third-order valence-corrected chi connectivity index (χ3v) is 3.64. The molecule has 1 heterocycles. The summed E-state index contributed by atoms with van der Waals surface area (Å²) in [5, 5.41) is 9.74. The van der Waals surface area contributed by atoms with Gasteiger partial charge in [-0.25, -0.2) is 13.8 Å². The lowest BCUT2D eigenvalue weighted by atomic mass is 10.1. The second-order valence-corrected chi connectivity index (χ2v) is 5.79. The summed E-state index contributed by atoms with van der Waals surface area (Å²) in [6.45, 7) is 0. The number of rotatable bonds is 5. The molecule has 0 unspecified atom stereocenters. The molecular formula is C17H13ClF2N4O. The van der Waals surface area contributed by atoms with Crippen LogP contribution in [0.2, 0.25) is 5.02 Å². The highest BCUT2D eigenvalue weighted by molar-refractivity contribution is 6.30. The van der Waals surface area contributed by atoms with Crippen LogP contribution in [-0.4, -0.2) is 21.1 Å². The van der Waals surface area contributed by atoms with Gasteiger partial charge in [0.05, 0.1) is 12.1 Å². The van der Waals surface area contributed by atoms with E-state index in [-0.39, 0.29) is 17.9 Å². The van der Waals surface area contributed by atoms with Crippen molar-refractivity contribution in [2.45, 2.75) is 12.8 Å². The van der Waals surface area contributed by atoms with Crippen LogP contribution in [0.4, 0.5) is 14.5 Å². The number of carbonyl (C=O) groups excluding carboxylic acids is 1. The first-order chi connectivity index (χ1) is 12.0. The Bertz CT molecular complexity index is 896. The highest BCUT2D eigenvalue weighted by atomic mass is 35.5. The Morgan fingerprint density at radius 2 is 1.92 bits per heavy atom. The maximum atomic E-state index is 13.5. The minimum absolute atomic E-state index is 0.0941. The van der Waals surface area contributed by atoms with Crippen molar-refractivity contribution in [3.63, 3.8) is 0 Å². The Labute approximate surface area is 147 Å². The summed E-state index contributed by atoms with van der Waals surface area (Å²) >= 11 is 5.83. The number of amides is 1. The van der Waals surface area contributed by atoms with Crippen LogP contribution in [0.25, 0.3) is 0 Å². The van der Waals surface area contributed by atoms with Crippen molar-refractivity contribution < 1.29 is 13.6 Å². The highest BCUT2D eigenvalue weighted by Crippen LogP contribution is 2.15. The number of nitrogens with zero attached hydrogens (tertiary/aromatic N) is 2. The van der Waals surface area contributed by atoms with Gasteiger partial charge in [-0.2, -0.15) is 5.10 Å². The van der Waals surface area contributed by atoms with Crippen LogP contribution in [0.5, 0.6) is 0 Å². The Kier molecular flexibility index (Phi) is 5.04. The van der Waals surface area contributed by atoms with E-state index in [9.17, 15) is 13.6 Å². The second-order valence-electron chi connectivity index (χ2n) is 5.35. The highest BCUT2D eigenvalue weighted by Gasteiger charge is 2.12. The molecule has 0 aliphatic carbocycles. The Morgan fingerprint density at radius 3 is 2.64 bits per heavy atom. The quantitative estimate of drug-likeness (QED) is 0.729. The molecule has 0 bridgehead atoms. The first kappa shape index (κ1) is 17.0. The fraction of sp³-hybridized carbons (Fsp3) is 0.118. The van der Waals surface area contributed by atoms with Gasteiger partial charge in [-0.3, -0.25) is 9.89 Å². The van der Waals surface area contributed by atoms with Gasteiger partial charge in [0.25, 0.3) is 0 Å². The molecule has 5 nitrogen and oxygen atoms in total. The predicted octanol–water partition coefficient (Wildman–Crippen LogP) is 3.51. The van der Waals surface area contributed by atoms with Crippen molar-refractivity contribution in [3.05, 3.63) is 76.3 Å². The molecule has 0 aliphatic heterocycles. The van der Waals surface area contributed by atoms with Crippen molar-refractivity contribution in [1.29, 1.82) is 0 Å². The van der Waals surface area contributed by atoms with Crippen LogP contribution in [0.1, 0.15) is 17.2 Å². The van der Waals surface area contributed by atoms with Crippen molar-refractivity contribution >= 4 is 23.2 Å². The molecule has 0 radical (unpaired) electrons. The summed E-state index contributed by atoms with van der Waals surface area (Å²) in [7, 11) is 0. The average molecular weight is 363 g/mol. The number of hydrogen-bond acceptors (Lipinski definition) is 3. The molecule has 1 aromatic heterocycles. The lowest BCUT2D eigenvalue weighted by Gasteiger charge is -2.04. The number of carbonyl (C=O) groups is 1. The topological polar surface area (TPSA) is 70.7 Å². The number of aromatic amines is 1. The Hall–Kier alpha value is -2.80. The predicted molar refractivity (Wildman–Crippen MR) is 89.3 cm³/mol. The van der Waals surface area contributed by atoms with E-state index in [0.29, 0.717) is 23.3 Å². The monoisotopic (exact) mass is 362 g/mol. The summed E-state index contributed by atoms with van der Waals surface area (Å²) in [5.74, 6) is -1.17. The van der Waals surface area contributed by atoms with E-state index >= 15 is 0 Å². The van der Waals surface area contributed by atoms with Crippen LogP contribution in [-0.2, 0) is 17.6 Å². The van der Waals surface area contributed by atoms with E-state index < -0.39 is 17.5 Å². The molecule has 0 saturated heterocycles. The number of H-pyrrole nitrogens is 1. The molecular weight excluding hydrogens is 350 g/mol. The summed E-state index contributed by atoms with van der Waals surface area (Å²) in [4.78, 5) is 16.2. The third kappa shape index (κ3) is 4.60. The lowest BCUT2D eigenvalue weighted by Crippen LogP contribution is -2.16. The van der Waals surface area contributed by atoms with Gasteiger partial charge in [-0.1, -0.05) is 23.7 Å². The van der Waals surface area contributed by atoms with Gasteiger partial charge >= 0.3 is 0 Å². The molecule has 3 aromatic rings. The minimum Gasteiger partial charge on any atom is -0.323 e. The Morgan fingerprint density at radius 1 is 1.16 bits per heavy atom. The summed E-state index contributed by atoms with van der Waals surface area (Å²) in [5.41, 5.74) is 0.897. The molecule has 3 rings (SSSR count). The lowest BCUT2D eigenvalue weighted by molar-refractivity contribution is -0.115. The van der Waals surface area contributed by atoms with Gasteiger partial charge in [0.2, 0.25) is 5.91 Å². The fourth-order valence-electron chi connectivity index (χ4n) is 2.22. The molecule has 2 aromatic carbocycles. The number of hydrogen-bond donors (Lipinski definition) is 2. The van der Waals surface area contributed by atoms with Gasteiger partial charge in [0, 0.05) is 17.5 Å². The minimum atomic E-state index is -0.841. The molecule has 0 fully saturated rings. The normalized spacial score (nSPS) is 10.7. The van der Waals surface area contributed by atoms with Crippen molar-refractivity contribution in [2.24, 2.45) is 0 Å². The molecule has 0 saturated carbocycles. The van der Waals surface area contributed by atoms with E-state index in [0.717, 1.165) is 17.7 Å². The number of anilines is 1. The first-order valence-electron chi connectivity index (χ1n) is 7.39. The zero-order valence-electron chi connectivity index (χ0n) is 12.9. The number of halogens is 3.